The smallest absolute Gasteiger partial charge is 0.306 e. The first-order valence-corrected chi connectivity index (χ1v) is 26.8. The Morgan fingerprint density at radius 3 is 1.01 bits per heavy atom. The number of ether oxygens (including phenoxy) is 3. The average Bonchev–Trinajstić information content (AvgIpc) is 3.34. The van der Waals surface area contributed by atoms with Gasteiger partial charge in [-0.1, -0.05) is 205 Å². The van der Waals surface area contributed by atoms with Crippen LogP contribution in [0.2, 0.25) is 0 Å². The molecule has 0 aliphatic carbocycles. The lowest BCUT2D eigenvalue weighted by atomic mass is 10.1. The van der Waals surface area contributed by atoms with E-state index in [0.29, 0.717) is 19.3 Å². The molecule has 0 unspecified atom stereocenters. The molecule has 0 saturated heterocycles. The fourth-order valence-corrected chi connectivity index (χ4v) is 6.60. The van der Waals surface area contributed by atoms with Gasteiger partial charge in [0.25, 0.3) is 0 Å². The molecule has 68 heavy (non-hydrogen) atoms. The van der Waals surface area contributed by atoms with E-state index in [1.807, 2.05) is 12.2 Å². The van der Waals surface area contributed by atoms with Crippen LogP contribution in [0, 0.1) is 0 Å². The first-order valence-electron chi connectivity index (χ1n) is 26.8. The second kappa shape index (κ2) is 54.9. The molecule has 6 heteroatoms. The Labute approximate surface area is 417 Å². The Balaban J connectivity index is 4.59. The highest BCUT2D eigenvalue weighted by Gasteiger charge is 2.19. The van der Waals surface area contributed by atoms with Crippen LogP contribution in [0.25, 0.3) is 0 Å². The predicted molar refractivity (Wildman–Crippen MR) is 292 cm³/mol. The van der Waals surface area contributed by atoms with E-state index in [9.17, 15) is 14.4 Å². The molecule has 0 saturated carbocycles. The topological polar surface area (TPSA) is 78.9 Å². The third-order valence-electron chi connectivity index (χ3n) is 10.6. The monoisotopic (exact) mass is 937 g/mol. The number of carbonyl (C=O) groups is 3. The van der Waals surface area contributed by atoms with E-state index in [0.717, 1.165) is 122 Å². The molecule has 0 spiro atoms. The normalized spacial score (nSPS) is 13.3. The van der Waals surface area contributed by atoms with Crippen molar-refractivity contribution in [3.05, 3.63) is 146 Å². The molecule has 1 atom stereocenters. The predicted octanol–water partition coefficient (Wildman–Crippen LogP) is 18.0. The van der Waals surface area contributed by atoms with Crippen LogP contribution in [-0.2, 0) is 28.6 Å². The summed E-state index contributed by atoms with van der Waals surface area (Å²) in [7, 11) is 0. The SMILES string of the molecule is CC/C=C\C/C=C\C/C=C\C/C=C\C/C=C\C/C=C\CCC(=O)OC[C@@H](COC(=O)CCCCCCC/C=C\CCCCC)OC(=O)CCCCC/C=C\C/C=C\C/C=C\C/C=C\C/C=C\CC. The van der Waals surface area contributed by atoms with Gasteiger partial charge in [-0.05, 0) is 128 Å². The van der Waals surface area contributed by atoms with Crippen LogP contribution in [0.1, 0.15) is 207 Å². The Kier molecular flexibility index (Phi) is 51.1. The zero-order valence-electron chi connectivity index (χ0n) is 43.3. The van der Waals surface area contributed by atoms with Crippen molar-refractivity contribution in [2.75, 3.05) is 13.2 Å². The van der Waals surface area contributed by atoms with E-state index in [1.165, 1.54) is 32.1 Å². The highest BCUT2D eigenvalue weighted by atomic mass is 16.6. The summed E-state index contributed by atoms with van der Waals surface area (Å²) >= 11 is 0. The van der Waals surface area contributed by atoms with Gasteiger partial charge in [-0.3, -0.25) is 14.4 Å². The van der Waals surface area contributed by atoms with Crippen LogP contribution in [0.5, 0.6) is 0 Å². The second-order valence-electron chi connectivity index (χ2n) is 17.0. The van der Waals surface area contributed by atoms with E-state index in [2.05, 4.69) is 154 Å². The first-order chi connectivity index (χ1) is 33.5. The maximum absolute atomic E-state index is 12.8. The molecule has 0 N–H and O–H groups in total. The minimum atomic E-state index is -0.836. The number of rotatable bonds is 46. The Hall–Kier alpha value is -4.71. The molecule has 0 heterocycles. The Bertz CT molecular complexity index is 1540. The van der Waals surface area contributed by atoms with Crippen molar-refractivity contribution in [3.8, 4) is 0 Å². The van der Waals surface area contributed by atoms with Gasteiger partial charge in [0.15, 0.2) is 6.10 Å². The van der Waals surface area contributed by atoms with Crippen molar-refractivity contribution in [1.82, 2.24) is 0 Å². The molecular formula is C62H96O6. The highest BCUT2D eigenvalue weighted by Crippen LogP contribution is 2.12. The Morgan fingerprint density at radius 1 is 0.309 bits per heavy atom. The lowest BCUT2D eigenvalue weighted by molar-refractivity contribution is -0.166. The molecular weight excluding hydrogens is 841 g/mol. The summed E-state index contributed by atoms with van der Waals surface area (Å²) in [5.74, 6) is -1.07. The maximum atomic E-state index is 12.8. The van der Waals surface area contributed by atoms with Crippen LogP contribution in [-0.4, -0.2) is 37.2 Å². The van der Waals surface area contributed by atoms with Crippen LogP contribution in [0.4, 0.5) is 0 Å². The third kappa shape index (κ3) is 52.3. The average molecular weight is 937 g/mol. The molecule has 0 aliphatic rings. The van der Waals surface area contributed by atoms with E-state index in [4.69, 9.17) is 14.2 Å². The van der Waals surface area contributed by atoms with Gasteiger partial charge in [0, 0.05) is 19.3 Å². The number of carbonyl (C=O) groups excluding carboxylic acids is 3. The molecule has 0 bridgehead atoms. The van der Waals surface area contributed by atoms with Crippen molar-refractivity contribution < 1.29 is 28.6 Å². The standard InChI is InChI=1S/C62H96O6/c1-4-7-10-13-16-19-22-25-27-29-31-33-35-37-40-43-46-49-52-55-61(64)67-58-59(57-66-60(63)54-51-48-45-42-39-24-21-18-15-12-9-6-3)68-62(65)56-53-50-47-44-41-38-36-34-32-30-28-26-23-20-17-14-11-8-5-2/h7-8,10-11,16-21,25-28,31-34,37-38,40-41,46,49,59H,4-6,9,12-15,22-24,29-30,35-36,39,42-45,47-48,50-58H2,1-3H3/b10-7-,11-8-,19-16-,20-17-,21-18-,27-25-,28-26-,33-31-,34-32-,40-37-,41-38-,49-46-/t59-/m1/s1. The van der Waals surface area contributed by atoms with Gasteiger partial charge in [-0.2, -0.15) is 0 Å². The van der Waals surface area contributed by atoms with Crippen molar-refractivity contribution in [1.29, 1.82) is 0 Å². The van der Waals surface area contributed by atoms with Gasteiger partial charge in [0.05, 0.1) is 0 Å². The van der Waals surface area contributed by atoms with Crippen molar-refractivity contribution in [2.24, 2.45) is 0 Å². The first kappa shape index (κ1) is 63.3. The summed E-state index contributed by atoms with van der Waals surface area (Å²) in [5, 5.41) is 0. The molecule has 0 fully saturated rings. The number of esters is 3. The summed E-state index contributed by atoms with van der Waals surface area (Å²) in [4.78, 5) is 38.0. The van der Waals surface area contributed by atoms with Crippen LogP contribution < -0.4 is 0 Å². The van der Waals surface area contributed by atoms with Gasteiger partial charge in [-0.25, -0.2) is 0 Å². The molecule has 6 nitrogen and oxygen atoms in total. The molecule has 0 aliphatic heterocycles. The fourth-order valence-electron chi connectivity index (χ4n) is 6.60. The quantitative estimate of drug-likeness (QED) is 0.0262. The lowest BCUT2D eigenvalue weighted by Gasteiger charge is -2.18. The van der Waals surface area contributed by atoms with Crippen molar-refractivity contribution in [3.63, 3.8) is 0 Å². The number of unbranched alkanes of at least 4 members (excludes halogenated alkanes) is 11. The molecule has 0 amide bonds. The third-order valence-corrected chi connectivity index (χ3v) is 10.6. The molecule has 0 aromatic carbocycles. The van der Waals surface area contributed by atoms with Crippen molar-refractivity contribution in [2.45, 2.75) is 213 Å². The number of hydrogen-bond acceptors (Lipinski definition) is 6. The van der Waals surface area contributed by atoms with Gasteiger partial charge >= 0.3 is 17.9 Å². The summed E-state index contributed by atoms with van der Waals surface area (Å²) < 4.78 is 16.7. The van der Waals surface area contributed by atoms with E-state index < -0.39 is 6.10 Å². The van der Waals surface area contributed by atoms with E-state index in [1.54, 1.807) is 0 Å². The molecule has 0 aromatic rings. The van der Waals surface area contributed by atoms with E-state index in [-0.39, 0.29) is 44.0 Å². The van der Waals surface area contributed by atoms with Crippen molar-refractivity contribution >= 4 is 17.9 Å². The van der Waals surface area contributed by atoms with Gasteiger partial charge in [0.2, 0.25) is 0 Å². The zero-order chi connectivity index (χ0) is 49.3. The van der Waals surface area contributed by atoms with Gasteiger partial charge < -0.3 is 14.2 Å². The fraction of sp³-hybridized carbons (Fsp3) is 0.565. The summed E-state index contributed by atoms with van der Waals surface area (Å²) in [5.41, 5.74) is 0. The summed E-state index contributed by atoms with van der Waals surface area (Å²) in [6, 6.07) is 0. The minimum Gasteiger partial charge on any atom is -0.462 e. The molecule has 0 radical (unpaired) electrons. The maximum Gasteiger partial charge on any atom is 0.306 e. The summed E-state index contributed by atoms with van der Waals surface area (Å²) in [6.07, 6.45) is 78.4. The van der Waals surface area contributed by atoms with Gasteiger partial charge in [-0.15, -0.1) is 0 Å². The zero-order valence-corrected chi connectivity index (χ0v) is 43.3. The van der Waals surface area contributed by atoms with Crippen LogP contribution in [0.3, 0.4) is 0 Å². The number of hydrogen-bond donors (Lipinski definition) is 0. The van der Waals surface area contributed by atoms with Crippen LogP contribution >= 0.6 is 0 Å². The molecule has 0 rings (SSSR count). The molecule has 380 valence electrons. The lowest BCUT2D eigenvalue weighted by Crippen LogP contribution is -2.30. The second-order valence-corrected chi connectivity index (χ2v) is 17.0. The number of allylic oxidation sites excluding steroid dienone is 24. The minimum absolute atomic E-state index is 0.125. The Morgan fingerprint density at radius 2 is 0.603 bits per heavy atom. The summed E-state index contributed by atoms with van der Waals surface area (Å²) in [6.45, 7) is 6.26. The largest absolute Gasteiger partial charge is 0.462 e. The van der Waals surface area contributed by atoms with Crippen LogP contribution in [0.15, 0.2) is 146 Å². The van der Waals surface area contributed by atoms with E-state index >= 15 is 0 Å². The molecule has 0 aromatic heterocycles. The highest BCUT2D eigenvalue weighted by molar-refractivity contribution is 5.71. The van der Waals surface area contributed by atoms with Gasteiger partial charge in [0.1, 0.15) is 13.2 Å².